The standard InChI is InChI=1S/C25H30ClNO4/c1-3-21-23(31-12-9-18-5-4-6-20(26)13-18)14-19(16-27-21)22(28)15-25(24(29)30)10-7-17(2)8-11-25/h4-6,13-14,16-17H,3,7-12,15H2,1-2H3,(H,29,30). The van der Waals surface area contributed by atoms with Crippen LogP contribution in [0.3, 0.4) is 0 Å². The van der Waals surface area contributed by atoms with E-state index in [-0.39, 0.29) is 12.2 Å². The smallest absolute Gasteiger partial charge is 0.310 e. The number of hydrogen-bond acceptors (Lipinski definition) is 4. The summed E-state index contributed by atoms with van der Waals surface area (Å²) in [5.74, 6) is 0.0280. The molecule has 0 atom stereocenters. The molecule has 31 heavy (non-hydrogen) atoms. The van der Waals surface area contributed by atoms with Crippen LogP contribution >= 0.6 is 11.6 Å². The second-order valence-electron chi connectivity index (χ2n) is 8.62. The predicted octanol–water partition coefficient (Wildman–Crippen LogP) is 5.77. The second-order valence-corrected chi connectivity index (χ2v) is 9.06. The van der Waals surface area contributed by atoms with Gasteiger partial charge in [-0.3, -0.25) is 14.6 Å². The van der Waals surface area contributed by atoms with Gasteiger partial charge in [-0.15, -0.1) is 0 Å². The van der Waals surface area contributed by atoms with Gasteiger partial charge in [-0.05, 0) is 61.8 Å². The van der Waals surface area contributed by atoms with Crippen LogP contribution in [-0.4, -0.2) is 28.4 Å². The van der Waals surface area contributed by atoms with E-state index >= 15 is 0 Å². The van der Waals surface area contributed by atoms with Gasteiger partial charge in [0.05, 0.1) is 17.7 Å². The van der Waals surface area contributed by atoms with Crippen LogP contribution in [0.4, 0.5) is 0 Å². The van der Waals surface area contributed by atoms with Crippen LogP contribution < -0.4 is 4.74 Å². The van der Waals surface area contributed by atoms with Crippen molar-refractivity contribution < 1.29 is 19.4 Å². The van der Waals surface area contributed by atoms with E-state index in [0.29, 0.717) is 54.5 Å². The van der Waals surface area contributed by atoms with Gasteiger partial charge in [0, 0.05) is 29.6 Å². The number of aryl methyl sites for hydroxylation is 1. The van der Waals surface area contributed by atoms with Crippen LogP contribution in [0.25, 0.3) is 0 Å². The third-order valence-corrected chi connectivity index (χ3v) is 6.54. The van der Waals surface area contributed by atoms with Crippen molar-refractivity contribution in [3.8, 4) is 5.75 Å². The topological polar surface area (TPSA) is 76.5 Å². The maximum absolute atomic E-state index is 13.0. The molecule has 1 saturated carbocycles. The lowest BCUT2D eigenvalue weighted by Gasteiger charge is -2.35. The molecule has 1 N–H and O–H groups in total. The van der Waals surface area contributed by atoms with Crippen molar-refractivity contribution in [2.24, 2.45) is 11.3 Å². The van der Waals surface area contributed by atoms with Crippen molar-refractivity contribution >= 4 is 23.4 Å². The van der Waals surface area contributed by atoms with Crippen molar-refractivity contribution in [2.75, 3.05) is 6.61 Å². The van der Waals surface area contributed by atoms with Gasteiger partial charge in [0.2, 0.25) is 0 Å². The molecule has 2 aromatic rings. The molecule has 1 aromatic carbocycles. The number of Topliss-reactive ketones (excluding diaryl/α,β-unsaturated/α-hetero) is 1. The zero-order valence-electron chi connectivity index (χ0n) is 18.2. The first-order valence-electron chi connectivity index (χ1n) is 11.0. The maximum Gasteiger partial charge on any atom is 0.310 e. The number of carbonyl (C=O) groups excluding carboxylic acids is 1. The summed E-state index contributed by atoms with van der Waals surface area (Å²) in [7, 11) is 0. The van der Waals surface area contributed by atoms with E-state index in [2.05, 4.69) is 11.9 Å². The summed E-state index contributed by atoms with van der Waals surface area (Å²) < 4.78 is 5.97. The van der Waals surface area contributed by atoms with Crippen molar-refractivity contribution in [3.05, 3.63) is 58.4 Å². The molecule has 0 spiro atoms. The van der Waals surface area contributed by atoms with Gasteiger partial charge in [-0.25, -0.2) is 0 Å². The fraction of sp³-hybridized carbons (Fsp3) is 0.480. The fourth-order valence-electron chi connectivity index (χ4n) is 4.18. The highest BCUT2D eigenvalue weighted by Gasteiger charge is 2.43. The molecule has 1 aliphatic rings. The number of aliphatic carboxylic acids is 1. The average molecular weight is 444 g/mol. The zero-order valence-corrected chi connectivity index (χ0v) is 19.0. The lowest BCUT2D eigenvalue weighted by Crippen LogP contribution is -2.37. The maximum atomic E-state index is 13.0. The minimum absolute atomic E-state index is 0.00413. The third-order valence-electron chi connectivity index (χ3n) is 6.31. The van der Waals surface area contributed by atoms with Crippen LogP contribution in [0.15, 0.2) is 36.5 Å². The molecule has 0 amide bonds. The van der Waals surface area contributed by atoms with E-state index in [9.17, 15) is 14.7 Å². The summed E-state index contributed by atoms with van der Waals surface area (Å²) in [5, 5.41) is 10.5. The molecule has 0 saturated heterocycles. The lowest BCUT2D eigenvalue weighted by atomic mass is 9.68. The molecular weight excluding hydrogens is 414 g/mol. The van der Waals surface area contributed by atoms with Gasteiger partial charge in [-0.1, -0.05) is 37.6 Å². The van der Waals surface area contributed by atoms with Gasteiger partial charge < -0.3 is 9.84 Å². The van der Waals surface area contributed by atoms with Crippen LogP contribution in [0.2, 0.25) is 5.02 Å². The number of hydrogen-bond donors (Lipinski definition) is 1. The Hall–Kier alpha value is -2.40. The number of carbonyl (C=O) groups is 2. The van der Waals surface area contributed by atoms with E-state index in [1.54, 1.807) is 12.3 Å². The Morgan fingerprint density at radius 3 is 2.65 bits per heavy atom. The normalized spacial score (nSPS) is 20.9. The highest BCUT2D eigenvalue weighted by molar-refractivity contribution is 6.30. The molecule has 5 nitrogen and oxygen atoms in total. The van der Waals surface area contributed by atoms with Crippen LogP contribution in [0.5, 0.6) is 5.75 Å². The third kappa shape index (κ3) is 5.85. The Labute approximate surface area is 188 Å². The lowest BCUT2D eigenvalue weighted by molar-refractivity contribution is -0.151. The van der Waals surface area contributed by atoms with Crippen molar-refractivity contribution in [3.63, 3.8) is 0 Å². The predicted molar refractivity (Wildman–Crippen MR) is 121 cm³/mol. The first kappa shape index (κ1) is 23.3. The number of carboxylic acid groups (broad SMARTS) is 1. The largest absolute Gasteiger partial charge is 0.491 e. The van der Waals surface area contributed by atoms with Crippen LogP contribution in [-0.2, 0) is 17.6 Å². The molecule has 6 heteroatoms. The summed E-state index contributed by atoms with van der Waals surface area (Å²) >= 11 is 6.04. The molecule has 0 bridgehead atoms. The summed E-state index contributed by atoms with van der Waals surface area (Å²) in [6.07, 6.45) is 5.67. The zero-order chi connectivity index (χ0) is 22.4. The Kier molecular flexibility index (Phi) is 7.71. The summed E-state index contributed by atoms with van der Waals surface area (Å²) in [5.41, 5.74) is 1.29. The van der Waals surface area contributed by atoms with E-state index in [1.807, 2.05) is 31.2 Å². The number of pyridine rings is 1. The Balaban J connectivity index is 1.71. The minimum Gasteiger partial charge on any atom is -0.491 e. The number of nitrogens with zero attached hydrogens (tertiary/aromatic N) is 1. The van der Waals surface area contributed by atoms with Crippen molar-refractivity contribution in [1.29, 1.82) is 0 Å². The number of benzene rings is 1. The molecule has 0 radical (unpaired) electrons. The molecular formula is C25H30ClNO4. The molecule has 1 aromatic heterocycles. The number of carboxylic acids is 1. The Bertz CT molecular complexity index is 935. The molecule has 1 fully saturated rings. The fourth-order valence-corrected chi connectivity index (χ4v) is 4.39. The summed E-state index contributed by atoms with van der Waals surface area (Å²) in [6, 6.07) is 9.34. The van der Waals surface area contributed by atoms with Gasteiger partial charge in [0.15, 0.2) is 5.78 Å². The molecule has 0 aliphatic heterocycles. The molecule has 166 valence electrons. The second kappa shape index (κ2) is 10.3. The van der Waals surface area contributed by atoms with Crippen LogP contribution in [0, 0.1) is 11.3 Å². The van der Waals surface area contributed by atoms with E-state index < -0.39 is 11.4 Å². The van der Waals surface area contributed by atoms with E-state index in [0.717, 1.165) is 24.1 Å². The molecule has 3 rings (SSSR count). The molecule has 1 aliphatic carbocycles. The van der Waals surface area contributed by atoms with Crippen molar-refractivity contribution in [1.82, 2.24) is 4.98 Å². The Morgan fingerprint density at radius 1 is 1.26 bits per heavy atom. The number of halogens is 1. The van der Waals surface area contributed by atoms with E-state index in [1.165, 1.54) is 0 Å². The first-order chi connectivity index (χ1) is 14.8. The van der Waals surface area contributed by atoms with Gasteiger partial charge in [-0.2, -0.15) is 0 Å². The number of aromatic nitrogens is 1. The highest BCUT2D eigenvalue weighted by Crippen LogP contribution is 2.42. The molecule has 0 unspecified atom stereocenters. The SMILES string of the molecule is CCc1ncc(C(=O)CC2(C(=O)O)CCC(C)CC2)cc1OCCc1cccc(Cl)c1. The van der Waals surface area contributed by atoms with Gasteiger partial charge >= 0.3 is 5.97 Å². The Morgan fingerprint density at radius 2 is 2.00 bits per heavy atom. The first-order valence-corrected chi connectivity index (χ1v) is 11.3. The number of ether oxygens (including phenoxy) is 1. The average Bonchev–Trinajstić information content (AvgIpc) is 2.75. The van der Waals surface area contributed by atoms with Crippen molar-refractivity contribution in [2.45, 2.75) is 58.8 Å². The number of ketones is 1. The minimum atomic E-state index is -0.972. The summed E-state index contributed by atoms with van der Waals surface area (Å²) in [4.78, 5) is 29.4. The van der Waals surface area contributed by atoms with Gasteiger partial charge in [0.1, 0.15) is 5.75 Å². The van der Waals surface area contributed by atoms with E-state index in [4.69, 9.17) is 16.3 Å². The quantitative estimate of drug-likeness (QED) is 0.497. The number of rotatable bonds is 9. The highest BCUT2D eigenvalue weighted by atomic mass is 35.5. The monoisotopic (exact) mass is 443 g/mol. The molecule has 1 heterocycles. The summed E-state index contributed by atoms with van der Waals surface area (Å²) in [6.45, 7) is 4.55. The van der Waals surface area contributed by atoms with Gasteiger partial charge in [0.25, 0.3) is 0 Å². The van der Waals surface area contributed by atoms with Crippen LogP contribution in [0.1, 0.15) is 67.6 Å².